The first-order valence-electron chi connectivity index (χ1n) is 2.64. The lowest BCUT2D eigenvalue weighted by Crippen LogP contribution is -1.76. The van der Waals surface area contributed by atoms with Crippen molar-refractivity contribution in [3.05, 3.63) is 0 Å². The highest BCUT2D eigenvalue weighted by atomic mass is 32.2. The predicted molar refractivity (Wildman–Crippen MR) is 46.0 cm³/mol. The Hall–Kier alpha value is -0.540. The first-order valence-corrected chi connectivity index (χ1v) is 4.95. The van der Waals surface area contributed by atoms with E-state index in [-0.39, 0.29) is 0 Å². The van der Waals surface area contributed by atoms with Crippen LogP contribution in [-0.2, 0) is 9.59 Å². The van der Waals surface area contributed by atoms with E-state index in [1.807, 2.05) is 0 Å². The fraction of sp³-hybridized carbons (Fsp3) is 0.600. The van der Waals surface area contributed by atoms with Gasteiger partial charge in [0.1, 0.15) is 0 Å². The minimum absolute atomic E-state index is 0.418. The minimum atomic E-state index is 0.418. The molecule has 60 valence electrons. The van der Waals surface area contributed by atoms with E-state index < -0.39 is 0 Å². The van der Waals surface area contributed by atoms with Crippen LogP contribution in [0.3, 0.4) is 0 Å². The summed E-state index contributed by atoms with van der Waals surface area (Å²) in [4.78, 5) is 25.8. The molecule has 0 aliphatic heterocycles. The van der Waals surface area contributed by atoms with Gasteiger partial charge in [0, 0.05) is 5.08 Å². The summed E-state index contributed by atoms with van der Waals surface area (Å²) < 4.78 is 0. The van der Waals surface area contributed by atoms with Crippen molar-refractivity contribution < 1.29 is 9.59 Å². The smallest absolute Gasteiger partial charge is 0.211 e. The van der Waals surface area contributed by atoms with Crippen molar-refractivity contribution >= 4 is 35.7 Å². The molecular weight excluding hydrogens is 184 g/mol. The van der Waals surface area contributed by atoms with Crippen molar-refractivity contribution in [2.75, 3.05) is 16.8 Å². The highest BCUT2D eigenvalue weighted by Crippen LogP contribution is 2.10. The van der Waals surface area contributed by atoms with E-state index in [0.29, 0.717) is 11.8 Å². The van der Waals surface area contributed by atoms with Gasteiger partial charge in [-0.3, -0.25) is 0 Å². The standard InChI is InChI=1S/C5H6N2O2S2/c8-1-6-3-10-5-11-4-7-2-9/h3-5H2. The number of thioether (sulfide) groups is 2. The van der Waals surface area contributed by atoms with E-state index in [9.17, 15) is 9.59 Å². The molecule has 0 N–H and O–H groups in total. The molecule has 0 radical (unpaired) electrons. The van der Waals surface area contributed by atoms with Crippen molar-refractivity contribution in [3.63, 3.8) is 0 Å². The Morgan fingerprint density at radius 1 is 1.00 bits per heavy atom. The lowest BCUT2D eigenvalue weighted by molar-refractivity contribution is 0.563. The summed E-state index contributed by atoms with van der Waals surface area (Å²) >= 11 is 2.94. The van der Waals surface area contributed by atoms with Crippen LogP contribution < -0.4 is 0 Å². The zero-order chi connectivity index (χ0) is 8.36. The Morgan fingerprint density at radius 3 is 1.82 bits per heavy atom. The lowest BCUT2D eigenvalue weighted by Gasteiger charge is -1.91. The van der Waals surface area contributed by atoms with E-state index >= 15 is 0 Å². The molecule has 0 bridgehead atoms. The van der Waals surface area contributed by atoms with E-state index in [1.165, 1.54) is 35.7 Å². The van der Waals surface area contributed by atoms with Gasteiger partial charge in [-0.25, -0.2) is 9.59 Å². The van der Waals surface area contributed by atoms with Crippen LogP contribution in [0.1, 0.15) is 0 Å². The summed E-state index contributed by atoms with van der Waals surface area (Å²) in [6.45, 7) is 0. The number of isocyanates is 2. The summed E-state index contributed by atoms with van der Waals surface area (Å²) in [6, 6.07) is 0. The van der Waals surface area contributed by atoms with E-state index in [0.717, 1.165) is 5.08 Å². The predicted octanol–water partition coefficient (Wildman–Crippen LogP) is 0.997. The SMILES string of the molecule is O=C=NCSCSCN=C=O. The summed E-state index contributed by atoms with van der Waals surface area (Å²) in [5.41, 5.74) is 0. The van der Waals surface area contributed by atoms with E-state index in [2.05, 4.69) is 9.98 Å². The fourth-order valence-corrected chi connectivity index (χ4v) is 1.63. The van der Waals surface area contributed by atoms with Crippen LogP contribution >= 0.6 is 23.5 Å². The molecule has 0 aromatic heterocycles. The molecule has 0 rings (SSSR count). The van der Waals surface area contributed by atoms with Gasteiger partial charge in [-0.15, -0.1) is 23.5 Å². The van der Waals surface area contributed by atoms with Gasteiger partial charge in [0.25, 0.3) is 0 Å². The van der Waals surface area contributed by atoms with Gasteiger partial charge in [-0.2, -0.15) is 9.98 Å². The minimum Gasteiger partial charge on any atom is -0.211 e. The molecule has 4 nitrogen and oxygen atoms in total. The quantitative estimate of drug-likeness (QED) is 0.271. The highest BCUT2D eigenvalue weighted by molar-refractivity contribution is 8.15. The number of nitrogens with zero attached hydrogens (tertiary/aromatic N) is 2. The van der Waals surface area contributed by atoms with Crippen LogP contribution in [0.5, 0.6) is 0 Å². The fourth-order valence-electron chi connectivity index (χ4n) is 0.277. The van der Waals surface area contributed by atoms with Crippen molar-refractivity contribution in [2.24, 2.45) is 9.98 Å². The highest BCUT2D eigenvalue weighted by Gasteiger charge is 1.85. The molecule has 0 heterocycles. The molecule has 0 saturated heterocycles. The number of hydrogen-bond acceptors (Lipinski definition) is 6. The van der Waals surface area contributed by atoms with E-state index in [1.54, 1.807) is 0 Å². The van der Waals surface area contributed by atoms with Crippen LogP contribution in [0.2, 0.25) is 0 Å². The summed E-state index contributed by atoms with van der Waals surface area (Å²) in [6.07, 6.45) is 2.86. The van der Waals surface area contributed by atoms with Crippen LogP contribution in [0.25, 0.3) is 0 Å². The Labute approximate surface area is 72.6 Å². The molecule has 0 saturated carbocycles. The topological polar surface area (TPSA) is 58.9 Å². The van der Waals surface area contributed by atoms with Gasteiger partial charge in [-0.1, -0.05) is 0 Å². The molecule has 0 aliphatic carbocycles. The molecule has 0 unspecified atom stereocenters. The molecule has 0 atom stereocenters. The van der Waals surface area contributed by atoms with Crippen molar-refractivity contribution in [1.82, 2.24) is 0 Å². The van der Waals surface area contributed by atoms with Crippen LogP contribution in [0.4, 0.5) is 0 Å². The number of carbonyl (C=O) groups excluding carboxylic acids is 2. The molecule has 0 aliphatic rings. The van der Waals surface area contributed by atoms with Gasteiger partial charge >= 0.3 is 0 Å². The first kappa shape index (κ1) is 10.5. The van der Waals surface area contributed by atoms with Crippen molar-refractivity contribution in [3.8, 4) is 0 Å². The monoisotopic (exact) mass is 190 g/mol. The molecular formula is C5H6N2O2S2. The first-order chi connectivity index (χ1) is 5.41. The zero-order valence-corrected chi connectivity index (χ0v) is 7.28. The molecule has 0 amide bonds. The maximum absolute atomic E-state index is 9.56. The van der Waals surface area contributed by atoms with Gasteiger partial charge < -0.3 is 0 Å². The maximum atomic E-state index is 9.56. The largest absolute Gasteiger partial charge is 0.235 e. The van der Waals surface area contributed by atoms with Crippen molar-refractivity contribution in [1.29, 1.82) is 0 Å². The molecule has 0 fully saturated rings. The summed E-state index contributed by atoms with van der Waals surface area (Å²) in [7, 11) is 0. The van der Waals surface area contributed by atoms with Gasteiger partial charge in [-0.05, 0) is 0 Å². The van der Waals surface area contributed by atoms with Crippen LogP contribution in [0.15, 0.2) is 9.98 Å². The second-order valence-corrected chi connectivity index (χ2v) is 3.56. The second kappa shape index (κ2) is 9.46. The molecule has 0 spiro atoms. The Bertz CT molecular complexity index is 165. The van der Waals surface area contributed by atoms with Gasteiger partial charge in [0.15, 0.2) is 0 Å². The summed E-state index contributed by atoms with van der Waals surface area (Å²) in [5.74, 6) is 0.836. The third kappa shape index (κ3) is 9.46. The van der Waals surface area contributed by atoms with Crippen molar-refractivity contribution in [2.45, 2.75) is 0 Å². The van der Waals surface area contributed by atoms with Gasteiger partial charge in [0.2, 0.25) is 12.2 Å². The molecule has 0 aromatic rings. The Balaban J connectivity index is 3.02. The average molecular weight is 190 g/mol. The van der Waals surface area contributed by atoms with Crippen LogP contribution in [-0.4, -0.2) is 29.0 Å². The molecule has 6 heteroatoms. The average Bonchev–Trinajstić information content (AvgIpc) is 2.03. The Morgan fingerprint density at radius 2 is 1.45 bits per heavy atom. The lowest BCUT2D eigenvalue weighted by atomic mass is 11.4. The zero-order valence-electron chi connectivity index (χ0n) is 5.65. The number of aliphatic imine (C=N–C) groups is 2. The third-order valence-corrected chi connectivity index (χ3v) is 2.56. The number of hydrogen-bond donors (Lipinski definition) is 0. The molecule has 11 heavy (non-hydrogen) atoms. The summed E-state index contributed by atoms with van der Waals surface area (Å²) in [5, 5.41) is 0.760. The normalized spacial score (nSPS) is 8.00. The molecule has 0 aromatic carbocycles. The number of rotatable bonds is 6. The Kier molecular flexibility index (Phi) is 9.00. The third-order valence-electron chi connectivity index (χ3n) is 0.607. The second-order valence-electron chi connectivity index (χ2n) is 1.28. The van der Waals surface area contributed by atoms with E-state index in [4.69, 9.17) is 0 Å². The van der Waals surface area contributed by atoms with Gasteiger partial charge in [0.05, 0.1) is 11.8 Å². The van der Waals surface area contributed by atoms with Crippen LogP contribution in [0, 0.1) is 0 Å². The maximum Gasteiger partial charge on any atom is 0.235 e.